The van der Waals surface area contributed by atoms with Crippen LogP contribution in [0.4, 0.5) is 0 Å². The maximum Gasteiger partial charge on any atom is 0.316 e. The summed E-state index contributed by atoms with van der Waals surface area (Å²) in [6, 6.07) is 14.7. The van der Waals surface area contributed by atoms with Crippen LogP contribution in [0.5, 0.6) is 5.75 Å². The van der Waals surface area contributed by atoms with Crippen LogP contribution >= 0.6 is 23.4 Å². The van der Waals surface area contributed by atoms with Gasteiger partial charge in [-0.15, -0.1) is 10.2 Å². The Hall–Kier alpha value is -2.51. The number of halogens is 1. The van der Waals surface area contributed by atoms with Crippen LogP contribution < -0.4 is 4.74 Å². The molecule has 1 heterocycles. The number of para-hydroxylation sites is 1. The second-order valence-electron chi connectivity index (χ2n) is 5.42. The fourth-order valence-corrected chi connectivity index (χ4v) is 3.39. The largest absolute Gasteiger partial charge is 0.496 e. The van der Waals surface area contributed by atoms with Crippen LogP contribution in [0.2, 0.25) is 5.02 Å². The molecule has 0 saturated carbocycles. The average molecular weight is 390 g/mol. The van der Waals surface area contributed by atoms with E-state index < -0.39 is 11.2 Å². The highest BCUT2D eigenvalue weighted by molar-refractivity contribution is 8.00. The predicted molar refractivity (Wildman–Crippen MR) is 101 cm³/mol. The number of hydrogen-bond acceptors (Lipinski definition) is 5. The third-order valence-corrected chi connectivity index (χ3v) is 4.94. The summed E-state index contributed by atoms with van der Waals surface area (Å²) in [7, 11) is 1.58. The zero-order valence-corrected chi connectivity index (χ0v) is 15.7. The monoisotopic (exact) mass is 389 g/mol. The van der Waals surface area contributed by atoms with Crippen molar-refractivity contribution < 1.29 is 14.6 Å². The summed E-state index contributed by atoms with van der Waals surface area (Å²) in [5, 5.41) is 18.1. The van der Waals surface area contributed by atoms with Crippen molar-refractivity contribution in [3.63, 3.8) is 0 Å². The molecule has 3 rings (SSSR count). The number of nitrogens with zero attached hydrogens (tertiary/aromatic N) is 3. The smallest absolute Gasteiger partial charge is 0.316 e. The molecule has 0 fully saturated rings. The van der Waals surface area contributed by atoms with Gasteiger partial charge >= 0.3 is 5.97 Å². The molecule has 26 heavy (non-hydrogen) atoms. The van der Waals surface area contributed by atoms with Gasteiger partial charge in [-0.3, -0.25) is 9.36 Å². The van der Waals surface area contributed by atoms with Gasteiger partial charge in [0.05, 0.1) is 18.4 Å². The summed E-state index contributed by atoms with van der Waals surface area (Å²) in [6.45, 7) is 1.60. The lowest BCUT2D eigenvalue weighted by Crippen LogP contribution is -2.12. The molecule has 1 aromatic heterocycles. The molecule has 2 aromatic carbocycles. The molecule has 6 nitrogen and oxygen atoms in total. The van der Waals surface area contributed by atoms with Crippen LogP contribution in [0.3, 0.4) is 0 Å². The average Bonchev–Trinajstić information content (AvgIpc) is 3.04. The number of carboxylic acid groups (broad SMARTS) is 1. The van der Waals surface area contributed by atoms with Crippen molar-refractivity contribution in [2.24, 2.45) is 0 Å². The minimum atomic E-state index is -0.922. The highest BCUT2D eigenvalue weighted by Gasteiger charge is 2.22. The molecule has 0 spiro atoms. The molecule has 1 N–H and O–H groups in total. The van der Waals surface area contributed by atoms with E-state index in [4.69, 9.17) is 16.3 Å². The molecule has 0 amide bonds. The first kappa shape index (κ1) is 18.3. The Bertz CT molecular complexity index is 945. The molecular formula is C18H16ClN3O3S. The Labute approximate surface area is 159 Å². The van der Waals surface area contributed by atoms with E-state index in [9.17, 15) is 9.90 Å². The van der Waals surface area contributed by atoms with Gasteiger partial charge in [-0.2, -0.15) is 0 Å². The molecule has 134 valence electrons. The van der Waals surface area contributed by atoms with Gasteiger partial charge in [0.15, 0.2) is 11.0 Å². The van der Waals surface area contributed by atoms with E-state index in [1.165, 1.54) is 0 Å². The van der Waals surface area contributed by atoms with Gasteiger partial charge in [0.2, 0.25) is 0 Å². The van der Waals surface area contributed by atoms with Crippen LogP contribution in [0.15, 0.2) is 53.7 Å². The van der Waals surface area contributed by atoms with E-state index in [2.05, 4.69) is 10.2 Å². The van der Waals surface area contributed by atoms with Crippen LogP contribution in [0.1, 0.15) is 6.92 Å². The van der Waals surface area contributed by atoms with Gasteiger partial charge < -0.3 is 9.84 Å². The van der Waals surface area contributed by atoms with Crippen molar-refractivity contribution in [1.82, 2.24) is 14.8 Å². The number of carbonyl (C=O) groups is 1. The van der Waals surface area contributed by atoms with Crippen molar-refractivity contribution in [3.05, 3.63) is 53.6 Å². The normalized spacial score (nSPS) is 12.0. The van der Waals surface area contributed by atoms with E-state index >= 15 is 0 Å². The highest BCUT2D eigenvalue weighted by atomic mass is 35.5. The Kier molecular flexibility index (Phi) is 5.49. The summed E-state index contributed by atoms with van der Waals surface area (Å²) in [5.41, 5.74) is 1.49. The van der Waals surface area contributed by atoms with E-state index in [0.29, 0.717) is 21.8 Å². The summed E-state index contributed by atoms with van der Waals surface area (Å²) in [6.07, 6.45) is 0. The second-order valence-corrected chi connectivity index (χ2v) is 7.16. The van der Waals surface area contributed by atoms with Crippen LogP contribution in [-0.2, 0) is 4.79 Å². The van der Waals surface area contributed by atoms with Crippen LogP contribution in [0.25, 0.3) is 17.1 Å². The van der Waals surface area contributed by atoms with Gasteiger partial charge in [-0.1, -0.05) is 41.6 Å². The number of rotatable bonds is 6. The summed E-state index contributed by atoms with van der Waals surface area (Å²) < 4.78 is 7.22. The summed E-state index contributed by atoms with van der Waals surface area (Å²) in [4.78, 5) is 11.3. The molecule has 0 aliphatic carbocycles. The number of methoxy groups -OCH3 is 1. The van der Waals surface area contributed by atoms with Gasteiger partial charge in [0.25, 0.3) is 0 Å². The maximum atomic E-state index is 11.3. The third kappa shape index (κ3) is 3.68. The zero-order valence-electron chi connectivity index (χ0n) is 14.1. The Balaban J connectivity index is 2.19. The zero-order chi connectivity index (χ0) is 18.7. The molecule has 1 atom stereocenters. The number of benzene rings is 2. The lowest BCUT2D eigenvalue weighted by Gasteiger charge is -2.13. The van der Waals surface area contributed by atoms with Crippen LogP contribution in [0, 0.1) is 0 Å². The molecule has 3 aromatic rings. The number of ether oxygens (including phenoxy) is 1. The van der Waals surface area contributed by atoms with E-state index in [1.54, 1.807) is 30.7 Å². The minimum absolute atomic E-state index is 0.461. The first-order chi connectivity index (χ1) is 12.5. The van der Waals surface area contributed by atoms with Crippen molar-refractivity contribution in [1.29, 1.82) is 0 Å². The fraction of sp³-hybridized carbons (Fsp3) is 0.167. The van der Waals surface area contributed by atoms with Crippen LogP contribution in [-0.4, -0.2) is 38.2 Å². The Morgan fingerprint density at radius 2 is 2.00 bits per heavy atom. The lowest BCUT2D eigenvalue weighted by molar-refractivity contribution is -0.136. The highest BCUT2D eigenvalue weighted by Crippen LogP contribution is 2.34. The number of aromatic nitrogens is 3. The van der Waals surface area contributed by atoms with Crippen molar-refractivity contribution >= 4 is 29.3 Å². The molecule has 0 radical (unpaired) electrons. The third-order valence-electron chi connectivity index (χ3n) is 3.68. The molecule has 0 aliphatic rings. The Morgan fingerprint density at radius 3 is 2.69 bits per heavy atom. The number of thioether (sulfide) groups is 1. The fourth-order valence-electron chi connectivity index (χ4n) is 2.41. The lowest BCUT2D eigenvalue weighted by atomic mass is 10.2. The number of carboxylic acids is 1. The van der Waals surface area contributed by atoms with E-state index in [0.717, 1.165) is 23.0 Å². The topological polar surface area (TPSA) is 77.2 Å². The first-order valence-electron chi connectivity index (χ1n) is 7.75. The van der Waals surface area contributed by atoms with Crippen molar-refractivity contribution in [3.8, 4) is 22.8 Å². The van der Waals surface area contributed by atoms with Gasteiger partial charge in [0.1, 0.15) is 11.0 Å². The predicted octanol–water partition coefficient (Wildman–Crippen LogP) is 4.16. The van der Waals surface area contributed by atoms with Gasteiger partial charge in [-0.25, -0.2) is 0 Å². The van der Waals surface area contributed by atoms with E-state index in [-0.39, 0.29) is 0 Å². The maximum absolute atomic E-state index is 11.3. The van der Waals surface area contributed by atoms with Gasteiger partial charge in [-0.05, 0) is 37.3 Å². The first-order valence-corrected chi connectivity index (χ1v) is 9.01. The van der Waals surface area contributed by atoms with E-state index in [1.807, 2.05) is 36.4 Å². The molecule has 0 saturated heterocycles. The number of aliphatic carboxylic acids is 1. The van der Waals surface area contributed by atoms with Crippen molar-refractivity contribution in [2.75, 3.05) is 7.11 Å². The molecule has 1 unspecified atom stereocenters. The molecule has 0 bridgehead atoms. The standard InChI is InChI=1S/C18H16ClN3O3S/c1-11(17(23)24)26-18-21-20-16(14-8-3-4-9-15(14)25-2)22(18)13-7-5-6-12(19)10-13/h3-11H,1-2H3,(H,23,24). The number of hydrogen-bond donors (Lipinski definition) is 1. The summed E-state index contributed by atoms with van der Waals surface area (Å²) >= 11 is 7.26. The quantitative estimate of drug-likeness (QED) is 0.638. The summed E-state index contributed by atoms with van der Waals surface area (Å²) in [5.74, 6) is 0.269. The molecular weight excluding hydrogens is 374 g/mol. The second kappa shape index (κ2) is 7.80. The van der Waals surface area contributed by atoms with Crippen molar-refractivity contribution in [2.45, 2.75) is 17.3 Å². The minimum Gasteiger partial charge on any atom is -0.496 e. The molecule has 0 aliphatic heterocycles. The Morgan fingerprint density at radius 1 is 1.23 bits per heavy atom. The van der Waals surface area contributed by atoms with Gasteiger partial charge in [0, 0.05) is 5.02 Å². The SMILES string of the molecule is COc1ccccc1-c1nnc(SC(C)C(=O)O)n1-c1cccc(Cl)c1. The molecule has 8 heteroatoms.